The number of amides is 2. The van der Waals surface area contributed by atoms with Crippen molar-refractivity contribution < 1.29 is 19.0 Å². The number of ether oxygens (including phenoxy) is 3. The Hall–Kier alpha value is -2.73. The summed E-state index contributed by atoms with van der Waals surface area (Å²) in [5.41, 5.74) is 2.63. The maximum Gasteiger partial charge on any atom is 0.319 e. The van der Waals surface area contributed by atoms with Crippen LogP contribution in [0.4, 0.5) is 10.5 Å². The highest BCUT2D eigenvalue weighted by molar-refractivity contribution is 5.89. The highest BCUT2D eigenvalue weighted by atomic mass is 16.5. The monoisotopic (exact) mass is 372 g/mol. The van der Waals surface area contributed by atoms with Gasteiger partial charge in [0.1, 0.15) is 0 Å². The van der Waals surface area contributed by atoms with Gasteiger partial charge in [0.2, 0.25) is 0 Å². The molecule has 0 fully saturated rings. The predicted molar refractivity (Wildman–Crippen MR) is 106 cm³/mol. The summed E-state index contributed by atoms with van der Waals surface area (Å²) >= 11 is 0. The van der Waals surface area contributed by atoms with Crippen LogP contribution >= 0.6 is 0 Å². The number of benzene rings is 2. The fraction of sp³-hybridized carbons (Fsp3) is 0.381. The zero-order valence-corrected chi connectivity index (χ0v) is 16.5. The van der Waals surface area contributed by atoms with Crippen molar-refractivity contribution in [2.45, 2.75) is 39.5 Å². The number of hydrogen-bond donors (Lipinski definition) is 2. The predicted octanol–water partition coefficient (Wildman–Crippen LogP) is 4.51. The van der Waals surface area contributed by atoms with Crippen LogP contribution in [0.5, 0.6) is 11.5 Å². The molecule has 0 saturated heterocycles. The first-order chi connectivity index (χ1) is 12.9. The van der Waals surface area contributed by atoms with Gasteiger partial charge in [0.05, 0.1) is 25.9 Å². The molecule has 0 heterocycles. The summed E-state index contributed by atoms with van der Waals surface area (Å²) in [4.78, 5) is 12.3. The van der Waals surface area contributed by atoms with E-state index in [9.17, 15) is 4.79 Å². The first kappa shape index (κ1) is 20.6. The van der Waals surface area contributed by atoms with Gasteiger partial charge in [0, 0.05) is 12.8 Å². The van der Waals surface area contributed by atoms with Crippen molar-refractivity contribution in [2.75, 3.05) is 19.5 Å². The van der Waals surface area contributed by atoms with Crippen molar-refractivity contribution >= 4 is 11.7 Å². The van der Waals surface area contributed by atoms with Gasteiger partial charge in [-0.3, -0.25) is 0 Å². The molecule has 0 bridgehead atoms. The average molecular weight is 372 g/mol. The average Bonchev–Trinajstić information content (AvgIpc) is 2.62. The second kappa shape index (κ2) is 9.83. The fourth-order valence-corrected chi connectivity index (χ4v) is 2.66. The molecule has 6 heteroatoms. The van der Waals surface area contributed by atoms with Crippen molar-refractivity contribution in [2.24, 2.45) is 0 Å². The summed E-state index contributed by atoms with van der Waals surface area (Å²) in [5, 5.41) is 5.78. The minimum Gasteiger partial charge on any atom is -0.493 e. The maximum atomic E-state index is 12.3. The molecule has 0 saturated carbocycles. The van der Waals surface area contributed by atoms with Gasteiger partial charge in [-0.1, -0.05) is 18.2 Å². The standard InChI is InChI=1S/C21H28N2O4/c1-14(2)27-19-10-9-17(12-20(19)26-5)15(3)22-21(24)23-18-8-6-7-16(11-18)13-25-4/h6-12,14-15H,13H2,1-5H3,(H2,22,23,24). The number of rotatable bonds is 8. The Labute approximate surface area is 160 Å². The topological polar surface area (TPSA) is 68.8 Å². The summed E-state index contributed by atoms with van der Waals surface area (Å²) in [6, 6.07) is 12.7. The Kier molecular flexibility index (Phi) is 7.49. The van der Waals surface area contributed by atoms with E-state index in [0.29, 0.717) is 23.8 Å². The van der Waals surface area contributed by atoms with Gasteiger partial charge in [-0.2, -0.15) is 0 Å². The van der Waals surface area contributed by atoms with Crippen molar-refractivity contribution in [1.29, 1.82) is 0 Å². The molecule has 2 rings (SSSR count). The van der Waals surface area contributed by atoms with Crippen LogP contribution < -0.4 is 20.1 Å². The van der Waals surface area contributed by atoms with Crippen molar-refractivity contribution in [3.8, 4) is 11.5 Å². The van der Waals surface area contributed by atoms with E-state index in [2.05, 4.69) is 10.6 Å². The van der Waals surface area contributed by atoms with Crippen molar-refractivity contribution in [1.82, 2.24) is 5.32 Å². The Morgan fingerprint density at radius 2 is 1.81 bits per heavy atom. The van der Waals surface area contributed by atoms with Crippen molar-refractivity contribution in [3.63, 3.8) is 0 Å². The van der Waals surface area contributed by atoms with Crippen LogP contribution in [0.25, 0.3) is 0 Å². The van der Waals surface area contributed by atoms with Crippen LogP contribution in [0.3, 0.4) is 0 Å². The fourth-order valence-electron chi connectivity index (χ4n) is 2.66. The third-order valence-corrected chi connectivity index (χ3v) is 3.89. The molecule has 2 amide bonds. The van der Waals surface area contributed by atoms with Gasteiger partial charge in [-0.15, -0.1) is 0 Å². The summed E-state index contributed by atoms with van der Waals surface area (Å²) in [5.74, 6) is 1.32. The molecule has 0 aromatic heterocycles. The van der Waals surface area contributed by atoms with Gasteiger partial charge in [-0.05, 0) is 56.2 Å². The Morgan fingerprint density at radius 1 is 1.04 bits per heavy atom. The molecule has 0 aliphatic heterocycles. The third kappa shape index (κ3) is 6.18. The molecular weight excluding hydrogens is 344 g/mol. The molecule has 0 aliphatic carbocycles. The smallest absolute Gasteiger partial charge is 0.319 e. The van der Waals surface area contributed by atoms with E-state index in [1.165, 1.54) is 0 Å². The van der Waals surface area contributed by atoms with Crippen LogP contribution in [0, 0.1) is 0 Å². The van der Waals surface area contributed by atoms with Crippen LogP contribution in [0.15, 0.2) is 42.5 Å². The van der Waals surface area contributed by atoms with E-state index in [0.717, 1.165) is 11.1 Å². The molecule has 0 aliphatic rings. The minimum atomic E-state index is -0.279. The van der Waals surface area contributed by atoms with E-state index < -0.39 is 0 Å². The lowest BCUT2D eigenvalue weighted by Crippen LogP contribution is -2.31. The summed E-state index contributed by atoms with van der Waals surface area (Å²) < 4.78 is 16.3. The molecule has 0 spiro atoms. The van der Waals surface area contributed by atoms with Gasteiger partial charge in [0.25, 0.3) is 0 Å². The largest absolute Gasteiger partial charge is 0.493 e. The second-order valence-corrected chi connectivity index (χ2v) is 6.53. The normalized spacial score (nSPS) is 11.8. The minimum absolute atomic E-state index is 0.0555. The Bertz CT molecular complexity index is 762. The van der Waals surface area contributed by atoms with Crippen LogP contribution in [0.1, 0.15) is 37.9 Å². The van der Waals surface area contributed by atoms with E-state index >= 15 is 0 Å². The second-order valence-electron chi connectivity index (χ2n) is 6.53. The number of carbonyl (C=O) groups excluding carboxylic acids is 1. The first-order valence-electron chi connectivity index (χ1n) is 8.93. The molecule has 1 atom stereocenters. The Balaban J connectivity index is 2.02. The molecule has 146 valence electrons. The lowest BCUT2D eigenvalue weighted by molar-refractivity contribution is 0.185. The zero-order chi connectivity index (χ0) is 19.8. The molecule has 2 aromatic rings. The summed E-state index contributed by atoms with van der Waals surface area (Å²) in [6.45, 7) is 6.34. The van der Waals surface area contributed by atoms with E-state index in [1.54, 1.807) is 14.2 Å². The highest BCUT2D eigenvalue weighted by Crippen LogP contribution is 2.31. The zero-order valence-electron chi connectivity index (χ0n) is 16.5. The number of hydrogen-bond acceptors (Lipinski definition) is 4. The number of carbonyl (C=O) groups is 1. The highest BCUT2D eigenvalue weighted by Gasteiger charge is 2.14. The Morgan fingerprint density at radius 3 is 2.48 bits per heavy atom. The molecular formula is C21H28N2O4. The van der Waals surface area contributed by atoms with Gasteiger partial charge in [-0.25, -0.2) is 4.79 Å². The number of methoxy groups -OCH3 is 2. The summed E-state index contributed by atoms with van der Waals surface area (Å²) in [7, 11) is 3.24. The molecule has 2 N–H and O–H groups in total. The lowest BCUT2D eigenvalue weighted by Gasteiger charge is -2.18. The molecule has 2 aromatic carbocycles. The quantitative estimate of drug-likeness (QED) is 0.715. The lowest BCUT2D eigenvalue weighted by atomic mass is 10.1. The molecule has 6 nitrogen and oxygen atoms in total. The molecule has 0 radical (unpaired) electrons. The molecule has 1 unspecified atom stereocenters. The van der Waals surface area contributed by atoms with Crippen LogP contribution in [-0.4, -0.2) is 26.4 Å². The van der Waals surface area contributed by atoms with E-state index in [-0.39, 0.29) is 18.2 Å². The van der Waals surface area contributed by atoms with Gasteiger partial charge in [0.15, 0.2) is 11.5 Å². The number of anilines is 1. The van der Waals surface area contributed by atoms with Crippen LogP contribution in [0.2, 0.25) is 0 Å². The van der Waals surface area contributed by atoms with E-state index in [4.69, 9.17) is 14.2 Å². The van der Waals surface area contributed by atoms with Gasteiger partial charge >= 0.3 is 6.03 Å². The molecule has 27 heavy (non-hydrogen) atoms. The number of nitrogens with one attached hydrogen (secondary N) is 2. The van der Waals surface area contributed by atoms with Crippen LogP contribution in [-0.2, 0) is 11.3 Å². The van der Waals surface area contributed by atoms with Crippen molar-refractivity contribution in [3.05, 3.63) is 53.6 Å². The van der Waals surface area contributed by atoms with Gasteiger partial charge < -0.3 is 24.8 Å². The first-order valence-corrected chi connectivity index (χ1v) is 8.93. The number of urea groups is 1. The maximum absolute atomic E-state index is 12.3. The SMILES string of the molecule is COCc1cccc(NC(=O)NC(C)c2ccc(OC(C)C)c(OC)c2)c1. The summed E-state index contributed by atoms with van der Waals surface area (Å²) in [6.07, 6.45) is 0.0555. The third-order valence-electron chi connectivity index (χ3n) is 3.89. The van der Waals surface area contributed by atoms with E-state index in [1.807, 2.05) is 63.2 Å².